The third kappa shape index (κ3) is 7.72. The van der Waals surface area contributed by atoms with Gasteiger partial charge in [0, 0.05) is 36.1 Å². The van der Waals surface area contributed by atoms with Crippen LogP contribution in [0.15, 0.2) is 89.8 Å². The average molecular weight is 501 g/mol. The molecule has 1 N–H and O–H groups in total. The maximum Gasteiger partial charge on any atom is 0.243 e. The van der Waals surface area contributed by atoms with Crippen LogP contribution < -0.4 is 5.32 Å². The molecule has 36 heavy (non-hydrogen) atoms. The number of rotatable bonds is 11. The van der Waals surface area contributed by atoms with E-state index in [0.717, 1.165) is 41.7 Å². The van der Waals surface area contributed by atoms with Gasteiger partial charge in [-0.2, -0.15) is 0 Å². The molecule has 0 radical (unpaired) electrons. The first-order chi connectivity index (χ1) is 17.6. The zero-order valence-electron chi connectivity index (χ0n) is 21.1. The number of carbonyl (C=O) groups is 2. The van der Waals surface area contributed by atoms with Crippen LogP contribution in [0.25, 0.3) is 0 Å². The molecule has 0 spiro atoms. The number of carbonyl (C=O) groups excluding carboxylic acids is 2. The molecule has 1 saturated carbocycles. The monoisotopic (exact) mass is 500 g/mol. The van der Waals surface area contributed by atoms with E-state index in [9.17, 15) is 9.59 Å². The molecular formula is C31H36N2O2S. The van der Waals surface area contributed by atoms with Crippen molar-refractivity contribution in [2.45, 2.75) is 69.0 Å². The molecule has 0 bridgehead atoms. The van der Waals surface area contributed by atoms with E-state index in [2.05, 4.69) is 36.5 Å². The third-order valence-electron chi connectivity index (χ3n) is 6.77. The Morgan fingerprint density at radius 1 is 0.889 bits per heavy atom. The van der Waals surface area contributed by atoms with E-state index in [0.29, 0.717) is 25.1 Å². The lowest BCUT2D eigenvalue weighted by molar-refractivity contribution is -0.141. The van der Waals surface area contributed by atoms with Crippen LogP contribution in [0.5, 0.6) is 0 Å². The summed E-state index contributed by atoms with van der Waals surface area (Å²) in [7, 11) is 0. The summed E-state index contributed by atoms with van der Waals surface area (Å²) in [5.74, 6) is 0.650. The summed E-state index contributed by atoms with van der Waals surface area (Å²) in [6.07, 6.45) is 5.22. The Kier molecular flexibility index (Phi) is 9.62. The molecule has 0 saturated heterocycles. The van der Waals surface area contributed by atoms with Gasteiger partial charge in [-0.1, -0.05) is 91.2 Å². The van der Waals surface area contributed by atoms with Gasteiger partial charge < -0.3 is 10.2 Å². The third-order valence-corrected chi connectivity index (χ3v) is 7.79. The molecule has 4 rings (SSSR count). The molecule has 1 atom stereocenters. The van der Waals surface area contributed by atoms with Crippen LogP contribution in [-0.4, -0.2) is 34.6 Å². The molecule has 188 valence electrons. The molecule has 1 aliphatic rings. The first-order valence-electron chi connectivity index (χ1n) is 13.0. The zero-order valence-corrected chi connectivity index (χ0v) is 21.9. The van der Waals surface area contributed by atoms with Crippen molar-refractivity contribution in [3.63, 3.8) is 0 Å². The minimum Gasteiger partial charge on any atom is -0.352 e. The number of amides is 2. The Bertz CT molecular complexity index is 1100. The summed E-state index contributed by atoms with van der Waals surface area (Å²) in [4.78, 5) is 30.3. The van der Waals surface area contributed by atoms with Gasteiger partial charge in [0.25, 0.3) is 0 Å². The Hall–Kier alpha value is -3.05. The number of nitrogens with zero attached hydrogens (tertiary/aromatic N) is 1. The van der Waals surface area contributed by atoms with Crippen molar-refractivity contribution in [3.05, 3.63) is 102 Å². The van der Waals surface area contributed by atoms with Crippen molar-refractivity contribution in [3.8, 4) is 0 Å². The van der Waals surface area contributed by atoms with Gasteiger partial charge in [0.2, 0.25) is 11.8 Å². The standard InChI is InChI=1S/C31H36N2O2S/c1-24-16-18-28(19-17-24)36-21-20-30(34)33(23-26-12-6-3-7-13-26)29(22-25-10-4-2-5-11-25)31(35)32-27-14-8-9-15-27/h2-7,10-13,16-19,27,29H,8-9,14-15,20-23H2,1H3,(H,32,35). The lowest BCUT2D eigenvalue weighted by Crippen LogP contribution is -2.52. The molecule has 0 heterocycles. The molecule has 0 aliphatic heterocycles. The summed E-state index contributed by atoms with van der Waals surface area (Å²) in [6, 6.07) is 28.1. The van der Waals surface area contributed by atoms with Crippen molar-refractivity contribution in [1.29, 1.82) is 0 Å². The van der Waals surface area contributed by atoms with Gasteiger partial charge in [-0.25, -0.2) is 0 Å². The summed E-state index contributed by atoms with van der Waals surface area (Å²) >= 11 is 1.68. The van der Waals surface area contributed by atoms with Crippen molar-refractivity contribution in [2.75, 3.05) is 5.75 Å². The van der Waals surface area contributed by atoms with Crippen molar-refractivity contribution in [2.24, 2.45) is 0 Å². The lowest BCUT2D eigenvalue weighted by Gasteiger charge is -2.32. The second-order valence-electron chi connectivity index (χ2n) is 9.61. The fourth-order valence-corrected chi connectivity index (χ4v) is 5.58. The number of hydrogen-bond donors (Lipinski definition) is 1. The predicted octanol–water partition coefficient (Wildman–Crippen LogP) is 6.18. The second kappa shape index (κ2) is 13.3. The van der Waals surface area contributed by atoms with E-state index in [1.54, 1.807) is 11.8 Å². The van der Waals surface area contributed by atoms with E-state index in [1.807, 2.05) is 65.6 Å². The van der Waals surface area contributed by atoms with Crippen molar-refractivity contribution in [1.82, 2.24) is 10.2 Å². The van der Waals surface area contributed by atoms with Crippen LogP contribution in [0.4, 0.5) is 0 Å². The van der Waals surface area contributed by atoms with E-state index in [4.69, 9.17) is 0 Å². The minimum atomic E-state index is -0.551. The first-order valence-corrected chi connectivity index (χ1v) is 13.9. The molecule has 3 aromatic carbocycles. The molecule has 2 amide bonds. The fraction of sp³-hybridized carbons (Fsp3) is 0.355. The fourth-order valence-electron chi connectivity index (χ4n) is 4.74. The first kappa shape index (κ1) is 26.0. The molecule has 1 fully saturated rings. The molecular weight excluding hydrogens is 464 g/mol. The molecule has 5 heteroatoms. The summed E-state index contributed by atoms with van der Waals surface area (Å²) in [6.45, 7) is 2.49. The van der Waals surface area contributed by atoms with Crippen LogP contribution in [0, 0.1) is 6.92 Å². The van der Waals surface area contributed by atoms with Gasteiger partial charge in [-0.05, 0) is 43.0 Å². The molecule has 0 aromatic heterocycles. The van der Waals surface area contributed by atoms with Gasteiger partial charge in [-0.3, -0.25) is 9.59 Å². The average Bonchev–Trinajstić information content (AvgIpc) is 3.41. The number of thioether (sulfide) groups is 1. The number of benzene rings is 3. The summed E-state index contributed by atoms with van der Waals surface area (Å²) in [5, 5.41) is 3.27. The van der Waals surface area contributed by atoms with E-state index >= 15 is 0 Å². The van der Waals surface area contributed by atoms with Crippen LogP contribution in [0.2, 0.25) is 0 Å². The Morgan fingerprint density at radius 2 is 1.50 bits per heavy atom. The highest BCUT2D eigenvalue weighted by Gasteiger charge is 2.31. The van der Waals surface area contributed by atoms with E-state index < -0.39 is 6.04 Å². The largest absolute Gasteiger partial charge is 0.352 e. The highest BCUT2D eigenvalue weighted by Crippen LogP contribution is 2.23. The molecule has 3 aromatic rings. The highest BCUT2D eigenvalue weighted by atomic mass is 32.2. The van der Waals surface area contributed by atoms with Gasteiger partial charge in [0.1, 0.15) is 6.04 Å². The summed E-state index contributed by atoms with van der Waals surface area (Å²) in [5.41, 5.74) is 3.31. The van der Waals surface area contributed by atoms with Crippen molar-refractivity contribution < 1.29 is 9.59 Å². The predicted molar refractivity (Wildman–Crippen MR) is 148 cm³/mol. The molecule has 1 aliphatic carbocycles. The van der Waals surface area contributed by atoms with Gasteiger partial charge in [-0.15, -0.1) is 11.8 Å². The maximum atomic E-state index is 13.7. The van der Waals surface area contributed by atoms with E-state index in [1.165, 1.54) is 5.56 Å². The second-order valence-corrected chi connectivity index (χ2v) is 10.8. The minimum absolute atomic E-state index is 0.0148. The van der Waals surface area contributed by atoms with Crippen LogP contribution in [0.1, 0.15) is 48.8 Å². The van der Waals surface area contributed by atoms with Gasteiger partial charge in [0.15, 0.2) is 0 Å². The number of nitrogens with one attached hydrogen (secondary N) is 1. The summed E-state index contributed by atoms with van der Waals surface area (Å²) < 4.78 is 0. The Morgan fingerprint density at radius 3 is 2.14 bits per heavy atom. The SMILES string of the molecule is Cc1ccc(SCCC(=O)N(Cc2ccccc2)C(Cc2ccccc2)C(=O)NC2CCCC2)cc1. The van der Waals surface area contributed by atoms with Crippen LogP contribution >= 0.6 is 11.8 Å². The van der Waals surface area contributed by atoms with Gasteiger partial charge >= 0.3 is 0 Å². The van der Waals surface area contributed by atoms with Crippen molar-refractivity contribution >= 4 is 23.6 Å². The van der Waals surface area contributed by atoms with E-state index in [-0.39, 0.29) is 17.9 Å². The Balaban J connectivity index is 1.53. The van der Waals surface area contributed by atoms with Crippen LogP contribution in [0.3, 0.4) is 0 Å². The lowest BCUT2D eigenvalue weighted by atomic mass is 10.0. The quantitative estimate of drug-likeness (QED) is 0.320. The Labute approximate surface area is 219 Å². The zero-order chi connectivity index (χ0) is 25.2. The smallest absolute Gasteiger partial charge is 0.243 e. The number of hydrogen-bond acceptors (Lipinski definition) is 3. The number of aryl methyl sites for hydroxylation is 1. The molecule has 1 unspecified atom stereocenters. The topological polar surface area (TPSA) is 49.4 Å². The van der Waals surface area contributed by atoms with Crippen LogP contribution in [-0.2, 0) is 22.6 Å². The maximum absolute atomic E-state index is 13.7. The molecule has 4 nitrogen and oxygen atoms in total. The van der Waals surface area contributed by atoms with Gasteiger partial charge in [0.05, 0.1) is 0 Å². The normalized spacial score (nSPS) is 14.4. The highest BCUT2D eigenvalue weighted by molar-refractivity contribution is 7.99.